The summed E-state index contributed by atoms with van der Waals surface area (Å²) in [5, 5.41) is 0. The fraction of sp³-hybridized carbons (Fsp3) is 0.0556. The second-order valence-corrected chi connectivity index (χ2v) is 4.84. The van der Waals surface area contributed by atoms with Gasteiger partial charge < -0.3 is 4.98 Å². The van der Waals surface area contributed by atoms with Gasteiger partial charge in [-0.1, -0.05) is 17.7 Å². The van der Waals surface area contributed by atoms with E-state index >= 15 is 0 Å². The summed E-state index contributed by atoms with van der Waals surface area (Å²) in [5.41, 5.74) is 3.39. The Morgan fingerprint density at radius 3 is 2.55 bits per heavy atom. The predicted molar refractivity (Wildman–Crippen MR) is 78.6 cm³/mol. The van der Waals surface area contributed by atoms with Gasteiger partial charge in [-0.3, -0.25) is 0 Å². The molecule has 3 rings (SSSR count). The molecule has 0 bridgehead atoms. The molecule has 113 valence electrons. The van der Waals surface area contributed by atoms with Crippen molar-refractivity contribution in [2.24, 2.45) is 0 Å². The van der Waals surface area contributed by atoms with Crippen molar-refractivity contribution in [2.75, 3.05) is 0 Å². The van der Waals surface area contributed by atoms with Gasteiger partial charge in [-0.15, -0.1) is 29.8 Å². The number of rotatable bonds is 2. The quantitative estimate of drug-likeness (QED) is 0.489. The smallest absolute Gasteiger partial charge is 0.129 e. The van der Waals surface area contributed by atoms with E-state index in [2.05, 4.69) is 11.1 Å². The molecule has 0 saturated heterocycles. The van der Waals surface area contributed by atoms with E-state index in [0.717, 1.165) is 29.0 Å². The van der Waals surface area contributed by atoms with Gasteiger partial charge in [0.15, 0.2) is 0 Å². The van der Waals surface area contributed by atoms with Crippen LogP contribution in [0.25, 0.3) is 22.4 Å². The molecule has 0 aliphatic carbocycles. The van der Waals surface area contributed by atoms with Gasteiger partial charge in [0.2, 0.25) is 0 Å². The van der Waals surface area contributed by atoms with Crippen LogP contribution in [-0.4, -0.2) is 4.98 Å². The molecule has 0 aliphatic heterocycles. The van der Waals surface area contributed by atoms with Crippen LogP contribution in [-0.2, 0) is 20.1 Å². The zero-order chi connectivity index (χ0) is 14.8. The maximum Gasteiger partial charge on any atom is 0.129 e. The van der Waals surface area contributed by atoms with Crippen LogP contribution in [0.5, 0.6) is 0 Å². The molecule has 22 heavy (non-hydrogen) atoms. The SMILES string of the molecule is Cc1ccc(-c2[c-]ccc(-c3cc(F)ccc3F)c2)nc1.[Ir]. The van der Waals surface area contributed by atoms with Gasteiger partial charge >= 0.3 is 0 Å². The van der Waals surface area contributed by atoms with Crippen molar-refractivity contribution >= 4 is 0 Å². The second kappa shape index (κ2) is 6.91. The first-order chi connectivity index (χ1) is 10.1. The van der Waals surface area contributed by atoms with Crippen molar-refractivity contribution in [1.29, 1.82) is 0 Å². The third-order valence-corrected chi connectivity index (χ3v) is 3.23. The summed E-state index contributed by atoms with van der Waals surface area (Å²) in [6.07, 6.45) is 1.76. The van der Waals surface area contributed by atoms with Crippen LogP contribution < -0.4 is 0 Å². The van der Waals surface area contributed by atoms with Crippen molar-refractivity contribution in [3.63, 3.8) is 0 Å². The van der Waals surface area contributed by atoms with E-state index in [-0.39, 0.29) is 25.7 Å². The zero-order valence-corrected chi connectivity index (χ0v) is 14.1. The number of hydrogen-bond acceptors (Lipinski definition) is 1. The standard InChI is InChI=1S/C18H12F2N.Ir/c1-12-5-8-18(21-11-12)14-4-2-3-13(9-14)16-10-15(19)6-7-17(16)20;/h2-3,5-11H,1H3;/q-1;. The van der Waals surface area contributed by atoms with E-state index in [4.69, 9.17) is 0 Å². The Kier molecular flexibility index (Phi) is 5.17. The zero-order valence-electron chi connectivity index (χ0n) is 11.7. The second-order valence-electron chi connectivity index (χ2n) is 4.84. The van der Waals surface area contributed by atoms with Crippen LogP contribution in [0.1, 0.15) is 5.56 Å². The van der Waals surface area contributed by atoms with Crippen LogP contribution in [0.4, 0.5) is 8.78 Å². The largest absolute Gasteiger partial charge is 0.304 e. The minimum atomic E-state index is -0.464. The van der Waals surface area contributed by atoms with Gasteiger partial charge in [0.1, 0.15) is 11.6 Å². The Morgan fingerprint density at radius 1 is 1.00 bits per heavy atom. The Morgan fingerprint density at radius 2 is 1.82 bits per heavy atom. The molecule has 0 aliphatic rings. The molecule has 0 spiro atoms. The molecule has 1 nitrogen and oxygen atoms in total. The first-order valence-electron chi connectivity index (χ1n) is 6.54. The average Bonchev–Trinajstić information content (AvgIpc) is 2.50. The van der Waals surface area contributed by atoms with E-state index in [0.29, 0.717) is 5.56 Å². The van der Waals surface area contributed by atoms with E-state index in [9.17, 15) is 8.78 Å². The molecule has 0 amide bonds. The van der Waals surface area contributed by atoms with Gasteiger partial charge in [-0.25, -0.2) is 8.78 Å². The summed E-state index contributed by atoms with van der Waals surface area (Å²) in [5.74, 6) is -0.917. The molecule has 1 radical (unpaired) electrons. The Hall–Kier alpha value is -1.90. The van der Waals surface area contributed by atoms with E-state index < -0.39 is 11.6 Å². The summed E-state index contributed by atoms with van der Waals surface area (Å²) in [7, 11) is 0. The minimum absolute atomic E-state index is 0. The Bertz CT molecular complexity index is 785. The van der Waals surface area contributed by atoms with Gasteiger partial charge in [0, 0.05) is 31.9 Å². The molecule has 4 heteroatoms. The van der Waals surface area contributed by atoms with E-state index in [1.165, 1.54) is 6.07 Å². The summed E-state index contributed by atoms with van der Waals surface area (Å²) in [4.78, 5) is 4.32. The molecule has 0 fully saturated rings. The molecule has 0 atom stereocenters. The summed E-state index contributed by atoms with van der Waals surface area (Å²) < 4.78 is 27.2. The van der Waals surface area contributed by atoms with Crippen LogP contribution >= 0.6 is 0 Å². The molecule has 1 heterocycles. The molecular weight excluding hydrogens is 460 g/mol. The average molecular weight is 473 g/mol. The fourth-order valence-corrected chi connectivity index (χ4v) is 2.13. The van der Waals surface area contributed by atoms with Gasteiger partial charge in [-0.05, 0) is 36.4 Å². The first-order valence-corrected chi connectivity index (χ1v) is 6.54. The van der Waals surface area contributed by atoms with Gasteiger partial charge in [-0.2, -0.15) is 0 Å². The minimum Gasteiger partial charge on any atom is -0.304 e. The van der Waals surface area contributed by atoms with Crippen molar-refractivity contribution in [3.8, 4) is 22.4 Å². The third kappa shape index (κ3) is 3.46. The monoisotopic (exact) mass is 473 g/mol. The maximum atomic E-state index is 13.8. The number of halogens is 2. The Balaban J connectivity index is 0.00000176. The third-order valence-electron chi connectivity index (χ3n) is 3.23. The van der Waals surface area contributed by atoms with E-state index in [1.807, 2.05) is 19.1 Å². The van der Waals surface area contributed by atoms with Crippen molar-refractivity contribution in [2.45, 2.75) is 6.92 Å². The maximum absolute atomic E-state index is 13.8. The number of aromatic nitrogens is 1. The van der Waals surface area contributed by atoms with Crippen LogP contribution in [0.15, 0.2) is 54.7 Å². The number of hydrogen-bond donors (Lipinski definition) is 0. The summed E-state index contributed by atoms with van der Waals surface area (Å²) in [6, 6.07) is 15.5. The van der Waals surface area contributed by atoms with Crippen molar-refractivity contribution < 1.29 is 28.9 Å². The van der Waals surface area contributed by atoms with Crippen molar-refractivity contribution in [3.05, 3.63) is 78.0 Å². The fourth-order valence-electron chi connectivity index (χ4n) is 2.13. The number of benzene rings is 2. The molecule has 1 aromatic heterocycles. The normalized spacial score (nSPS) is 10.1. The first kappa shape index (κ1) is 16.5. The Labute approximate surface area is 141 Å². The molecule has 0 N–H and O–H groups in total. The topological polar surface area (TPSA) is 12.9 Å². The molecular formula is C18H12F2IrN-. The van der Waals surface area contributed by atoms with Crippen LogP contribution in [0, 0.1) is 24.6 Å². The van der Waals surface area contributed by atoms with Crippen LogP contribution in [0.2, 0.25) is 0 Å². The van der Waals surface area contributed by atoms with E-state index in [1.54, 1.807) is 24.4 Å². The molecule has 2 aromatic carbocycles. The van der Waals surface area contributed by atoms with Gasteiger partial charge in [0.05, 0.1) is 0 Å². The van der Waals surface area contributed by atoms with Gasteiger partial charge in [0.25, 0.3) is 0 Å². The molecule has 3 aromatic rings. The number of aryl methyl sites for hydroxylation is 1. The van der Waals surface area contributed by atoms with Crippen molar-refractivity contribution in [1.82, 2.24) is 4.98 Å². The predicted octanol–water partition coefficient (Wildman–Crippen LogP) is 4.80. The summed E-state index contributed by atoms with van der Waals surface area (Å²) in [6.45, 7) is 1.96. The number of nitrogens with zero attached hydrogens (tertiary/aromatic N) is 1. The summed E-state index contributed by atoms with van der Waals surface area (Å²) >= 11 is 0. The van der Waals surface area contributed by atoms with Crippen LogP contribution in [0.3, 0.4) is 0 Å². The molecule has 0 unspecified atom stereocenters. The molecule has 0 saturated carbocycles. The number of pyridine rings is 1.